The summed E-state index contributed by atoms with van der Waals surface area (Å²) < 4.78 is 5.86. The van der Waals surface area contributed by atoms with Crippen LogP contribution in [-0.2, 0) is 9.53 Å². The molecule has 0 bridgehead atoms. The third-order valence-corrected chi connectivity index (χ3v) is 5.53. The molecule has 0 aromatic carbocycles. The van der Waals surface area contributed by atoms with Crippen LogP contribution in [0.15, 0.2) is 12.7 Å². The molecule has 28 heavy (non-hydrogen) atoms. The Morgan fingerprint density at radius 3 is 2.89 bits per heavy atom. The van der Waals surface area contributed by atoms with Gasteiger partial charge in [0.15, 0.2) is 17.7 Å². The minimum Gasteiger partial charge on any atom is -0.388 e. The monoisotopic (exact) mass is 391 g/mol. The molecule has 4 heterocycles. The molecule has 152 valence electrons. The summed E-state index contributed by atoms with van der Waals surface area (Å²) >= 11 is 0. The number of aliphatic hydroxyl groups excluding tert-OH is 2. The zero-order valence-electron chi connectivity index (χ0n) is 15.7. The van der Waals surface area contributed by atoms with Gasteiger partial charge >= 0.3 is 0 Å². The van der Waals surface area contributed by atoms with Crippen molar-refractivity contribution in [3.8, 4) is 0 Å². The molecule has 6 atom stereocenters. The Morgan fingerprint density at radius 1 is 1.32 bits per heavy atom. The predicted octanol–water partition coefficient (Wildman–Crippen LogP) is -1.19. The lowest BCUT2D eigenvalue weighted by Gasteiger charge is -2.42. The summed E-state index contributed by atoms with van der Waals surface area (Å²) in [5.41, 5.74) is 1.04. The van der Waals surface area contributed by atoms with E-state index in [0.29, 0.717) is 17.0 Å². The number of anilines is 1. The Balaban J connectivity index is 1.45. The number of amides is 1. The maximum absolute atomic E-state index is 12.6. The smallest absolute Gasteiger partial charge is 0.237 e. The standard InChI is InChI=1S/C17H25N7O4/c1-8-10(22-16(27)9-4-3-5-24(9)2)12(25)13(26)17(28-8)23-15-11-14(19-6-18-11)20-7-21-15/h6-10,12-13,17,25-26H,3-5H2,1-2H3,(H,22,27)(H2,18,19,20,21,23)/t8-,9-,10-,12+,13-,17-/m0/s1. The van der Waals surface area contributed by atoms with Crippen molar-refractivity contribution in [3.05, 3.63) is 12.7 Å². The van der Waals surface area contributed by atoms with E-state index in [4.69, 9.17) is 4.74 Å². The molecular formula is C17H25N7O4. The fourth-order valence-corrected chi connectivity index (χ4v) is 3.90. The van der Waals surface area contributed by atoms with Crippen molar-refractivity contribution in [1.82, 2.24) is 30.2 Å². The molecule has 1 amide bonds. The number of rotatable bonds is 4. The average molecular weight is 391 g/mol. The van der Waals surface area contributed by atoms with Crippen molar-refractivity contribution in [2.24, 2.45) is 0 Å². The number of carbonyl (C=O) groups excluding carboxylic acids is 1. The number of nitrogens with zero attached hydrogens (tertiary/aromatic N) is 4. The molecule has 11 nitrogen and oxygen atoms in total. The number of hydrogen-bond donors (Lipinski definition) is 5. The Labute approximate surface area is 161 Å². The van der Waals surface area contributed by atoms with Crippen LogP contribution in [0.2, 0.25) is 0 Å². The molecule has 0 spiro atoms. The zero-order chi connectivity index (χ0) is 19.8. The van der Waals surface area contributed by atoms with E-state index in [1.54, 1.807) is 6.92 Å². The fraction of sp³-hybridized carbons (Fsp3) is 0.647. The molecule has 2 fully saturated rings. The maximum atomic E-state index is 12.6. The molecule has 0 aliphatic carbocycles. The molecule has 2 aliphatic heterocycles. The van der Waals surface area contributed by atoms with Gasteiger partial charge in [0.2, 0.25) is 5.91 Å². The number of aliphatic hydroxyl groups is 2. The molecule has 4 rings (SSSR count). The molecule has 11 heteroatoms. The number of H-pyrrole nitrogens is 1. The molecule has 2 saturated heterocycles. The van der Waals surface area contributed by atoms with Crippen LogP contribution < -0.4 is 10.6 Å². The normalized spacial score (nSPS) is 33.9. The van der Waals surface area contributed by atoms with Gasteiger partial charge in [-0.15, -0.1) is 0 Å². The molecule has 0 saturated carbocycles. The Hall–Kier alpha value is -2.34. The topological polar surface area (TPSA) is 149 Å². The molecular weight excluding hydrogens is 366 g/mol. The first-order valence-corrected chi connectivity index (χ1v) is 9.38. The van der Waals surface area contributed by atoms with E-state index in [1.807, 2.05) is 11.9 Å². The predicted molar refractivity (Wildman–Crippen MR) is 99.2 cm³/mol. The van der Waals surface area contributed by atoms with Crippen molar-refractivity contribution >= 4 is 22.9 Å². The Morgan fingerprint density at radius 2 is 2.14 bits per heavy atom. The molecule has 0 radical (unpaired) electrons. The van der Waals surface area contributed by atoms with Gasteiger partial charge in [0.25, 0.3) is 0 Å². The zero-order valence-corrected chi connectivity index (χ0v) is 15.7. The third-order valence-electron chi connectivity index (χ3n) is 5.53. The van der Waals surface area contributed by atoms with Gasteiger partial charge in [-0.2, -0.15) is 0 Å². The number of aromatic amines is 1. The maximum Gasteiger partial charge on any atom is 0.237 e. The van der Waals surface area contributed by atoms with Crippen molar-refractivity contribution in [2.45, 2.75) is 56.4 Å². The number of ether oxygens (including phenoxy) is 1. The number of likely N-dealkylation sites (N-methyl/N-ethyl adjacent to an activating group) is 1. The molecule has 2 aliphatic rings. The van der Waals surface area contributed by atoms with Gasteiger partial charge in [-0.3, -0.25) is 9.69 Å². The fourth-order valence-electron chi connectivity index (χ4n) is 3.90. The number of hydrogen-bond acceptors (Lipinski definition) is 9. The molecule has 0 unspecified atom stereocenters. The van der Waals surface area contributed by atoms with Crippen LogP contribution >= 0.6 is 0 Å². The van der Waals surface area contributed by atoms with Crippen molar-refractivity contribution in [2.75, 3.05) is 18.9 Å². The summed E-state index contributed by atoms with van der Waals surface area (Å²) in [5.74, 6) is 0.245. The highest BCUT2D eigenvalue weighted by Gasteiger charge is 2.44. The van der Waals surface area contributed by atoms with E-state index in [-0.39, 0.29) is 11.9 Å². The van der Waals surface area contributed by atoms with Crippen LogP contribution in [-0.4, -0.2) is 91.2 Å². The van der Waals surface area contributed by atoms with Crippen molar-refractivity contribution < 1.29 is 19.7 Å². The van der Waals surface area contributed by atoms with Gasteiger partial charge in [-0.1, -0.05) is 0 Å². The molecule has 5 N–H and O–H groups in total. The lowest BCUT2D eigenvalue weighted by molar-refractivity contribution is -0.173. The summed E-state index contributed by atoms with van der Waals surface area (Å²) in [6.45, 7) is 2.62. The minimum absolute atomic E-state index is 0.159. The van der Waals surface area contributed by atoms with Crippen LogP contribution in [0.3, 0.4) is 0 Å². The number of likely N-dealkylation sites (tertiary alicyclic amines) is 1. The quantitative estimate of drug-likeness (QED) is 0.434. The second kappa shape index (κ2) is 7.59. The summed E-state index contributed by atoms with van der Waals surface area (Å²) in [5, 5.41) is 27.0. The number of fused-ring (bicyclic) bond motifs is 1. The van der Waals surface area contributed by atoms with Gasteiger partial charge in [-0.05, 0) is 33.4 Å². The van der Waals surface area contributed by atoms with Crippen LogP contribution in [0.25, 0.3) is 11.2 Å². The number of carbonyl (C=O) groups is 1. The average Bonchev–Trinajstić information content (AvgIpc) is 3.32. The van der Waals surface area contributed by atoms with E-state index in [9.17, 15) is 15.0 Å². The van der Waals surface area contributed by atoms with E-state index in [2.05, 4.69) is 30.6 Å². The summed E-state index contributed by atoms with van der Waals surface area (Å²) in [6.07, 6.45) is 0.684. The van der Waals surface area contributed by atoms with Crippen LogP contribution in [0, 0.1) is 0 Å². The van der Waals surface area contributed by atoms with Gasteiger partial charge in [-0.25, -0.2) is 15.0 Å². The SMILES string of the molecule is C[C@@H]1O[C@H](Nc2ncnc3nc[nH]c23)[C@@H](O)[C@H](O)[C@H]1NC(=O)[C@@H]1CCCN1C. The molecule has 2 aromatic heterocycles. The van der Waals surface area contributed by atoms with E-state index in [1.165, 1.54) is 12.7 Å². The Bertz CT molecular complexity index is 846. The van der Waals surface area contributed by atoms with Gasteiger partial charge < -0.3 is 30.6 Å². The van der Waals surface area contributed by atoms with Crippen LogP contribution in [0.4, 0.5) is 5.82 Å². The van der Waals surface area contributed by atoms with Crippen LogP contribution in [0.1, 0.15) is 19.8 Å². The van der Waals surface area contributed by atoms with E-state index >= 15 is 0 Å². The van der Waals surface area contributed by atoms with Crippen LogP contribution in [0.5, 0.6) is 0 Å². The van der Waals surface area contributed by atoms with Gasteiger partial charge in [0, 0.05) is 0 Å². The first kappa shape index (κ1) is 19.0. The van der Waals surface area contributed by atoms with Crippen molar-refractivity contribution in [3.63, 3.8) is 0 Å². The second-order valence-corrected chi connectivity index (χ2v) is 7.38. The first-order chi connectivity index (χ1) is 13.5. The minimum atomic E-state index is -1.27. The Kier molecular flexibility index (Phi) is 5.15. The lowest BCUT2D eigenvalue weighted by Crippen LogP contribution is -2.65. The van der Waals surface area contributed by atoms with Gasteiger partial charge in [0.1, 0.15) is 24.1 Å². The van der Waals surface area contributed by atoms with Crippen molar-refractivity contribution in [1.29, 1.82) is 0 Å². The molecule has 2 aromatic rings. The second-order valence-electron chi connectivity index (χ2n) is 7.38. The number of imidazole rings is 1. The van der Waals surface area contributed by atoms with E-state index in [0.717, 1.165) is 19.4 Å². The number of aromatic nitrogens is 4. The first-order valence-electron chi connectivity index (χ1n) is 9.38. The number of nitrogens with one attached hydrogen (secondary N) is 3. The van der Waals surface area contributed by atoms with E-state index < -0.39 is 30.6 Å². The third kappa shape index (κ3) is 3.41. The lowest BCUT2D eigenvalue weighted by atomic mass is 9.95. The summed E-state index contributed by atoms with van der Waals surface area (Å²) in [4.78, 5) is 29.7. The largest absolute Gasteiger partial charge is 0.388 e. The highest BCUT2D eigenvalue weighted by atomic mass is 16.5. The highest BCUT2D eigenvalue weighted by molar-refractivity contribution is 5.83. The highest BCUT2D eigenvalue weighted by Crippen LogP contribution is 2.25. The van der Waals surface area contributed by atoms with Gasteiger partial charge in [0.05, 0.1) is 24.5 Å². The summed E-state index contributed by atoms with van der Waals surface area (Å²) in [7, 11) is 1.90. The summed E-state index contributed by atoms with van der Waals surface area (Å²) in [6, 6.07) is -0.936.